The highest BCUT2D eigenvalue weighted by molar-refractivity contribution is 5.95. The van der Waals surface area contributed by atoms with Crippen LogP contribution in [0.2, 0.25) is 0 Å². The van der Waals surface area contributed by atoms with Crippen molar-refractivity contribution >= 4 is 35.6 Å². The lowest BCUT2D eigenvalue weighted by atomic mass is 10.0. The first-order chi connectivity index (χ1) is 15.1. The molecular weight excluding hydrogens is 442 g/mol. The van der Waals surface area contributed by atoms with Crippen LogP contribution in [-0.4, -0.2) is 81.2 Å². The monoisotopic (exact) mass is 475 g/mol. The number of aliphatic hydroxyl groups excluding tert-OH is 1. The van der Waals surface area contributed by atoms with Crippen LogP contribution in [0.25, 0.3) is 0 Å². The van der Waals surface area contributed by atoms with Gasteiger partial charge in [-0.25, -0.2) is 4.79 Å². The Kier molecular flexibility index (Phi) is 12.6. The molecule has 0 fully saturated rings. The van der Waals surface area contributed by atoms with Crippen LogP contribution in [0, 0.1) is 5.92 Å². The SMILES string of the molecule is CC(C)CC(NC(=O)C(CCC(=O)O)NC(=O)C(N)CC(N)=O)C(=O)NC(C(=O)O)C(C)O. The van der Waals surface area contributed by atoms with Crippen molar-refractivity contribution in [3.63, 3.8) is 0 Å². The highest BCUT2D eigenvalue weighted by atomic mass is 16.4. The maximum Gasteiger partial charge on any atom is 0.328 e. The topological polar surface area (TPSA) is 251 Å². The van der Waals surface area contributed by atoms with Crippen molar-refractivity contribution in [3.8, 4) is 0 Å². The minimum atomic E-state index is -1.63. The predicted octanol–water partition coefficient (Wildman–Crippen LogP) is -2.98. The molecule has 10 N–H and O–H groups in total. The normalized spacial score (nSPS) is 15.5. The number of aliphatic carboxylic acids is 2. The van der Waals surface area contributed by atoms with E-state index in [1.165, 1.54) is 6.92 Å². The maximum atomic E-state index is 12.8. The van der Waals surface area contributed by atoms with Crippen LogP contribution >= 0.6 is 0 Å². The first-order valence-corrected chi connectivity index (χ1v) is 10.2. The second kappa shape index (κ2) is 14.0. The number of carbonyl (C=O) groups is 6. The number of nitrogens with one attached hydrogen (secondary N) is 3. The number of aliphatic hydroxyl groups is 1. The van der Waals surface area contributed by atoms with Crippen molar-refractivity contribution in [2.24, 2.45) is 17.4 Å². The van der Waals surface area contributed by atoms with Gasteiger partial charge in [0.2, 0.25) is 23.6 Å². The summed E-state index contributed by atoms with van der Waals surface area (Å²) < 4.78 is 0. The smallest absolute Gasteiger partial charge is 0.328 e. The molecule has 0 rings (SSSR count). The summed E-state index contributed by atoms with van der Waals surface area (Å²) in [4.78, 5) is 70.7. The van der Waals surface area contributed by atoms with Crippen LogP contribution < -0.4 is 27.4 Å². The second-order valence-electron chi connectivity index (χ2n) is 8.03. The molecule has 14 heteroatoms. The van der Waals surface area contributed by atoms with Gasteiger partial charge in [-0.1, -0.05) is 13.8 Å². The summed E-state index contributed by atoms with van der Waals surface area (Å²) in [6, 6.07) is -5.67. The van der Waals surface area contributed by atoms with E-state index in [-0.39, 0.29) is 18.8 Å². The number of hydrogen-bond acceptors (Lipinski definition) is 8. The Hall–Kier alpha value is -3.26. The molecule has 33 heavy (non-hydrogen) atoms. The standard InChI is InChI=1S/C19H33N5O9/c1-8(2)6-12(18(31)24-15(9(3)25)19(32)33)23-17(30)11(4-5-14(27)28)22-16(29)10(20)7-13(21)26/h8-12,15,25H,4-7,20H2,1-3H3,(H2,21,26)(H,22,29)(H,23,30)(H,24,31)(H,27,28)(H,32,33). The summed E-state index contributed by atoms with van der Waals surface area (Å²) in [5.41, 5.74) is 10.5. The van der Waals surface area contributed by atoms with E-state index in [2.05, 4.69) is 16.0 Å². The van der Waals surface area contributed by atoms with Crippen molar-refractivity contribution in [2.45, 2.75) is 76.7 Å². The minimum absolute atomic E-state index is 0.0739. The molecule has 0 aliphatic carbocycles. The molecule has 14 nitrogen and oxygen atoms in total. The minimum Gasteiger partial charge on any atom is -0.481 e. The lowest BCUT2D eigenvalue weighted by molar-refractivity contribution is -0.145. The van der Waals surface area contributed by atoms with Crippen LogP contribution in [0.1, 0.15) is 46.5 Å². The molecule has 0 radical (unpaired) electrons. The Labute approximate surface area is 190 Å². The third-order valence-electron chi connectivity index (χ3n) is 4.42. The van der Waals surface area contributed by atoms with Crippen LogP contribution in [0.3, 0.4) is 0 Å². The zero-order chi connectivity index (χ0) is 25.9. The van der Waals surface area contributed by atoms with Crippen LogP contribution in [0.5, 0.6) is 0 Å². The summed E-state index contributed by atoms with van der Waals surface area (Å²) in [5, 5.41) is 34.4. The Bertz CT molecular complexity index is 741. The molecule has 0 saturated heterocycles. The molecule has 0 aromatic heterocycles. The highest BCUT2D eigenvalue weighted by Crippen LogP contribution is 2.08. The van der Waals surface area contributed by atoms with Crippen molar-refractivity contribution in [1.82, 2.24) is 16.0 Å². The molecule has 5 atom stereocenters. The highest BCUT2D eigenvalue weighted by Gasteiger charge is 2.32. The summed E-state index contributed by atoms with van der Waals surface area (Å²) in [6.45, 7) is 4.65. The third kappa shape index (κ3) is 11.8. The van der Waals surface area contributed by atoms with E-state index in [9.17, 15) is 33.9 Å². The third-order valence-corrected chi connectivity index (χ3v) is 4.42. The van der Waals surface area contributed by atoms with Gasteiger partial charge < -0.3 is 42.7 Å². The number of primary amides is 1. The first kappa shape index (κ1) is 29.7. The number of rotatable bonds is 15. The van der Waals surface area contributed by atoms with Gasteiger partial charge in [0.25, 0.3) is 0 Å². The largest absolute Gasteiger partial charge is 0.481 e. The fourth-order valence-electron chi connectivity index (χ4n) is 2.74. The number of nitrogens with two attached hydrogens (primary N) is 2. The molecule has 0 spiro atoms. The Morgan fingerprint density at radius 1 is 0.848 bits per heavy atom. The van der Waals surface area contributed by atoms with E-state index < -0.39 is 78.7 Å². The Morgan fingerprint density at radius 2 is 1.36 bits per heavy atom. The fourth-order valence-corrected chi connectivity index (χ4v) is 2.74. The van der Waals surface area contributed by atoms with Crippen molar-refractivity contribution in [1.29, 1.82) is 0 Å². The van der Waals surface area contributed by atoms with E-state index in [4.69, 9.17) is 21.7 Å². The zero-order valence-corrected chi connectivity index (χ0v) is 18.7. The zero-order valence-electron chi connectivity index (χ0n) is 18.7. The number of carboxylic acids is 2. The maximum absolute atomic E-state index is 12.8. The lowest BCUT2D eigenvalue weighted by Crippen LogP contribution is -2.58. The lowest BCUT2D eigenvalue weighted by Gasteiger charge is -2.26. The van der Waals surface area contributed by atoms with Gasteiger partial charge >= 0.3 is 11.9 Å². The summed E-state index contributed by atoms with van der Waals surface area (Å²) in [7, 11) is 0. The van der Waals surface area contributed by atoms with Crippen LogP contribution in [-0.2, 0) is 28.8 Å². The van der Waals surface area contributed by atoms with Gasteiger partial charge in [0.15, 0.2) is 6.04 Å². The average molecular weight is 475 g/mol. The molecular formula is C19H33N5O9. The molecule has 4 amide bonds. The van der Waals surface area contributed by atoms with Crippen molar-refractivity contribution < 1.29 is 44.1 Å². The molecule has 5 unspecified atom stereocenters. The number of carbonyl (C=O) groups excluding carboxylic acids is 4. The van der Waals surface area contributed by atoms with Crippen molar-refractivity contribution in [2.75, 3.05) is 0 Å². The van der Waals surface area contributed by atoms with Gasteiger partial charge in [0, 0.05) is 6.42 Å². The summed E-state index contributed by atoms with van der Waals surface area (Å²) >= 11 is 0. The van der Waals surface area contributed by atoms with Gasteiger partial charge in [0.1, 0.15) is 12.1 Å². The van der Waals surface area contributed by atoms with Gasteiger partial charge in [0.05, 0.1) is 18.6 Å². The second-order valence-corrected chi connectivity index (χ2v) is 8.03. The van der Waals surface area contributed by atoms with Gasteiger partial charge in [-0.15, -0.1) is 0 Å². The van der Waals surface area contributed by atoms with E-state index in [0.717, 1.165) is 0 Å². The number of hydrogen-bond donors (Lipinski definition) is 8. The van der Waals surface area contributed by atoms with E-state index in [0.29, 0.717) is 0 Å². The molecule has 0 aromatic rings. The van der Waals surface area contributed by atoms with Crippen molar-refractivity contribution in [3.05, 3.63) is 0 Å². The van der Waals surface area contributed by atoms with Gasteiger partial charge in [-0.3, -0.25) is 24.0 Å². The number of carboxylic acid groups (broad SMARTS) is 2. The molecule has 0 aliphatic heterocycles. The quantitative estimate of drug-likeness (QED) is 0.119. The van der Waals surface area contributed by atoms with E-state index in [1.54, 1.807) is 13.8 Å². The molecule has 0 heterocycles. The van der Waals surface area contributed by atoms with E-state index in [1.807, 2.05) is 0 Å². The molecule has 0 aromatic carbocycles. The molecule has 0 saturated carbocycles. The Balaban J connectivity index is 5.57. The van der Waals surface area contributed by atoms with Crippen LogP contribution in [0.15, 0.2) is 0 Å². The number of amides is 4. The summed E-state index contributed by atoms with van der Waals surface area (Å²) in [5.74, 6) is -6.45. The van der Waals surface area contributed by atoms with Gasteiger partial charge in [-0.2, -0.15) is 0 Å². The first-order valence-electron chi connectivity index (χ1n) is 10.2. The average Bonchev–Trinajstić information content (AvgIpc) is 2.66. The Morgan fingerprint density at radius 3 is 1.79 bits per heavy atom. The molecule has 0 bridgehead atoms. The molecule has 188 valence electrons. The fraction of sp³-hybridized carbons (Fsp3) is 0.684. The van der Waals surface area contributed by atoms with Crippen LogP contribution in [0.4, 0.5) is 0 Å². The molecule has 0 aliphatic rings. The van der Waals surface area contributed by atoms with Gasteiger partial charge in [-0.05, 0) is 25.7 Å². The summed E-state index contributed by atoms with van der Waals surface area (Å²) in [6.07, 6.45) is -2.71. The van der Waals surface area contributed by atoms with E-state index >= 15 is 0 Å². The predicted molar refractivity (Wildman–Crippen MR) is 113 cm³/mol.